The molecular formula is C14H23N3O. The number of benzene rings is 1. The van der Waals surface area contributed by atoms with Crippen LogP contribution in [0.25, 0.3) is 0 Å². The summed E-state index contributed by atoms with van der Waals surface area (Å²) in [5.74, 6) is 0.114. The highest BCUT2D eigenvalue weighted by molar-refractivity contribution is 6.00. The van der Waals surface area contributed by atoms with Crippen LogP contribution in [0.1, 0.15) is 25.0 Å². The molecule has 3 N–H and O–H groups in total. The van der Waals surface area contributed by atoms with E-state index in [1.165, 1.54) is 0 Å². The van der Waals surface area contributed by atoms with Gasteiger partial charge in [-0.15, -0.1) is 0 Å². The highest BCUT2D eigenvalue weighted by Crippen LogP contribution is 2.21. The van der Waals surface area contributed by atoms with Gasteiger partial charge in [-0.25, -0.2) is 0 Å². The third kappa shape index (κ3) is 3.74. The Morgan fingerprint density at radius 2 is 2.11 bits per heavy atom. The molecule has 4 heteroatoms. The topological polar surface area (TPSA) is 62.3 Å². The van der Waals surface area contributed by atoms with Crippen molar-refractivity contribution in [3.8, 4) is 0 Å². The number of amidine groups is 1. The third-order valence-electron chi connectivity index (χ3n) is 2.87. The van der Waals surface area contributed by atoms with Crippen LogP contribution in [0.4, 0.5) is 5.69 Å². The van der Waals surface area contributed by atoms with Gasteiger partial charge in [0.05, 0.1) is 6.61 Å². The summed E-state index contributed by atoms with van der Waals surface area (Å²) in [5.41, 5.74) is 8.58. The molecular weight excluding hydrogens is 226 g/mol. The van der Waals surface area contributed by atoms with Gasteiger partial charge in [-0.05, 0) is 32.9 Å². The summed E-state index contributed by atoms with van der Waals surface area (Å²) in [6.45, 7) is 9.19. The lowest BCUT2D eigenvalue weighted by atomic mass is 10.1. The van der Waals surface area contributed by atoms with E-state index in [1.54, 1.807) is 0 Å². The van der Waals surface area contributed by atoms with Crippen LogP contribution in [0, 0.1) is 12.3 Å². The van der Waals surface area contributed by atoms with E-state index in [0.717, 1.165) is 36.5 Å². The van der Waals surface area contributed by atoms with Crippen molar-refractivity contribution in [2.24, 2.45) is 5.73 Å². The molecule has 0 bridgehead atoms. The van der Waals surface area contributed by atoms with Crippen molar-refractivity contribution in [3.63, 3.8) is 0 Å². The van der Waals surface area contributed by atoms with Crippen molar-refractivity contribution in [2.45, 2.75) is 20.8 Å². The highest BCUT2D eigenvalue weighted by Gasteiger charge is 2.11. The molecule has 100 valence electrons. The molecule has 0 radical (unpaired) electrons. The standard InChI is InChI=1S/C14H23N3O/c1-4-17(8-9-18-5-2)13-7-6-11(3)10-12(13)14(15)16/h6-7,10H,4-5,8-9H2,1-3H3,(H3,15,16). The molecule has 0 aliphatic carbocycles. The first-order chi connectivity index (χ1) is 8.60. The number of ether oxygens (including phenoxy) is 1. The molecule has 1 rings (SSSR count). The Bertz CT molecular complexity index is 404. The predicted octanol–water partition coefficient (Wildman–Crippen LogP) is 2.14. The van der Waals surface area contributed by atoms with E-state index in [9.17, 15) is 0 Å². The number of nitrogens with one attached hydrogen (secondary N) is 1. The summed E-state index contributed by atoms with van der Waals surface area (Å²) in [7, 11) is 0. The number of nitrogens with zero attached hydrogens (tertiary/aromatic N) is 1. The molecule has 0 amide bonds. The minimum Gasteiger partial charge on any atom is -0.384 e. The van der Waals surface area contributed by atoms with Crippen LogP contribution in [0.2, 0.25) is 0 Å². The Morgan fingerprint density at radius 3 is 2.67 bits per heavy atom. The predicted molar refractivity (Wildman–Crippen MR) is 76.6 cm³/mol. The molecule has 0 aliphatic heterocycles. The van der Waals surface area contributed by atoms with E-state index < -0.39 is 0 Å². The van der Waals surface area contributed by atoms with Gasteiger partial charge in [0, 0.05) is 30.9 Å². The summed E-state index contributed by atoms with van der Waals surface area (Å²) in [6, 6.07) is 6.04. The van der Waals surface area contributed by atoms with Crippen molar-refractivity contribution in [1.82, 2.24) is 0 Å². The monoisotopic (exact) mass is 249 g/mol. The van der Waals surface area contributed by atoms with Crippen molar-refractivity contribution in [1.29, 1.82) is 5.41 Å². The first kappa shape index (κ1) is 14.5. The molecule has 0 atom stereocenters. The summed E-state index contributed by atoms with van der Waals surface area (Å²) in [5, 5.41) is 7.67. The maximum atomic E-state index is 7.67. The van der Waals surface area contributed by atoms with E-state index in [1.807, 2.05) is 32.0 Å². The second kappa shape index (κ2) is 7.01. The van der Waals surface area contributed by atoms with Gasteiger partial charge in [-0.3, -0.25) is 5.41 Å². The van der Waals surface area contributed by atoms with Gasteiger partial charge in [0.15, 0.2) is 0 Å². The molecule has 0 saturated heterocycles. The normalized spacial score (nSPS) is 10.4. The van der Waals surface area contributed by atoms with Crippen LogP contribution < -0.4 is 10.6 Å². The summed E-state index contributed by atoms with van der Waals surface area (Å²) in [4.78, 5) is 2.19. The molecule has 0 fully saturated rings. The highest BCUT2D eigenvalue weighted by atomic mass is 16.5. The lowest BCUT2D eigenvalue weighted by molar-refractivity contribution is 0.154. The molecule has 0 saturated carbocycles. The fraction of sp³-hybridized carbons (Fsp3) is 0.500. The molecule has 1 aromatic rings. The molecule has 0 spiro atoms. The molecule has 18 heavy (non-hydrogen) atoms. The van der Waals surface area contributed by atoms with E-state index >= 15 is 0 Å². The van der Waals surface area contributed by atoms with Crippen LogP contribution >= 0.6 is 0 Å². The van der Waals surface area contributed by atoms with Gasteiger partial charge in [-0.2, -0.15) is 0 Å². The smallest absolute Gasteiger partial charge is 0.124 e. The zero-order chi connectivity index (χ0) is 13.5. The zero-order valence-electron chi connectivity index (χ0n) is 11.5. The largest absolute Gasteiger partial charge is 0.384 e. The molecule has 0 heterocycles. The molecule has 0 unspecified atom stereocenters. The van der Waals surface area contributed by atoms with Crippen molar-refractivity contribution in [2.75, 3.05) is 31.2 Å². The number of hydrogen-bond donors (Lipinski definition) is 2. The maximum Gasteiger partial charge on any atom is 0.124 e. The number of likely N-dealkylation sites (N-methyl/N-ethyl adjacent to an activating group) is 1. The van der Waals surface area contributed by atoms with Gasteiger partial charge in [0.25, 0.3) is 0 Å². The molecule has 0 aliphatic rings. The Morgan fingerprint density at radius 1 is 1.39 bits per heavy atom. The van der Waals surface area contributed by atoms with Crippen molar-refractivity contribution in [3.05, 3.63) is 29.3 Å². The quantitative estimate of drug-likeness (QED) is 0.442. The van der Waals surface area contributed by atoms with Gasteiger partial charge in [0.1, 0.15) is 5.84 Å². The second-order valence-electron chi connectivity index (χ2n) is 4.21. The SMILES string of the molecule is CCOCCN(CC)c1ccc(C)cc1C(=N)N. The fourth-order valence-corrected chi connectivity index (χ4v) is 1.91. The average Bonchev–Trinajstić information content (AvgIpc) is 2.35. The Hall–Kier alpha value is -1.55. The van der Waals surface area contributed by atoms with Gasteiger partial charge in [-0.1, -0.05) is 11.6 Å². The van der Waals surface area contributed by atoms with E-state index in [2.05, 4.69) is 11.8 Å². The van der Waals surface area contributed by atoms with Gasteiger partial charge >= 0.3 is 0 Å². The van der Waals surface area contributed by atoms with Crippen LogP contribution in [0.5, 0.6) is 0 Å². The second-order valence-corrected chi connectivity index (χ2v) is 4.21. The Labute approximate surface area is 109 Å². The zero-order valence-corrected chi connectivity index (χ0v) is 11.5. The van der Waals surface area contributed by atoms with Crippen molar-refractivity contribution >= 4 is 11.5 Å². The Balaban J connectivity index is 2.93. The minimum absolute atomic E-state index is 0.114. The van der Waals surface area contributed by atoms with E-state index in [-0.39, 0.29) is 5.84 Å². The summed E-state index contributed by atoms with van der Waals surface area (Å²) < 4.78 is 5.38. The first-order valence-corrected chi connectivity index (χ1v) is 6.37. The third-order valence-corrected chi connectivity index (χ3v) is 2.87. The molecule has 0 aromatic heterocycles. The Kier molecular flexibility index (Phi) is 5.65. The average molecular weight is 249 g/mol. The lowest BCUT2D eigenvalue weighted by Gasteiger charge is -2.25. The lowest BCUT2D eigenvalue weighted by Crippen LogP contribution is -2.29. The molecule has 4 nitrogen and oxygen atoms in total. The summed E-state index contributed by atoms with van der Waals surface area (Å²) >= 11 is 0. The number of aryl methyl sites for hydroxylation is 1. The van der Waals surface area contributed by atoms with Crippen LogP contribution in [0.3, 0.4) is 0 Å². The number of nitrogen functional groups attached to an aromatic ring is 1. The van der Waals surface area contributed by atoms with Gasteiger partial charge < -0.3 is 15.4 Å². The number of anilines is 1. The summed E-state index contributed by atoms with van der Waals surface area (Å²) in [6.07, 6.45) is 0. The van der Waals surface area contributed by atoms with Crippen molar-refractivity contribution < 1.29 is 4.74 Å². The van der Waals surface area contributed by atoms with Gasteiger partial charge in [0.2, 0.25) is 0 Å². The fourth-order valence-electron chi connectivity index (χ4n) is 1.91. The maximum absolute atomic E-state index is 7.67. The van der Waals surface area contributed by atoms with Crippen LogP contribution in [-0.2, 0) is 4.74 Å². The first-order valence-electron chi connectivity index (χ1n) is 6.37. The molecule has 1 aromatic carbocycles. The number of nitrogens with two attached hydrogens (primary N) is 1. The number of hydrogen-bond acceptors (Lipinski definition) is 3. The number of rotatable bonds is 7. The van der Waals surface area contributed by atoms with E-state index in [4.69, 9.17) is 15.9 Å². The van der Waals surface area contributed by atoms with E-state index in [0.29, 0.717) is 6.61 Å². The minimum atomic E-state index is 0.114. The van der Waals surface area contributed by atoms with Crippen LogP contribution in [0.15, 0.2) is 18.2 Å². The van der Waals surface area contributed by atoms with Crippen LogP contribution in [-0.4, -0.2) is 32.1 Å².